The average molecular weight is 251 g/mol. The van der Waals surface area contributed by atoms with E-state index < -0.39 is 0 Å². The molecule has 0 radical (unpaired) electrons. The van der Waals surface area contributed by atoms with Crippen molar-refractivity contribution in [2.75, 3.05) is 12.4 Å². The van der Waals surface area contributed by atoms with Gasteiger partial charge in [0.1, 0.15) is 0 Å². The van der Waals surface area contributed by atoms with Crippen molar-refractivity contribution < 1.29 is 5.11 Å². The lowest BCUT2D eigenvalue weighted by molar-refractivity contribution is 0.237. The largest absolute Gasteiger partial charge is 0.396 e. The molecule has 0 saturated heterocycles. The average Bonchev–Trinajstić information content (AvgIpc) is 2.72. The summed E-state index contributed by atoms with van der Waals surface area (Å²) in [6.07, 6.45) is 0.834. The molecule has 2 unspecified atom stereocenters. The van der Waals surface area contributed by atoms with Crippen LogP contribution in [0.2, 0.25) is 0 Å². The Morgan fingerprint density at radius 1 is 1.41 bits per heavy atom. The van der Waals surface area contributed by atoms with Gasteiger partial charge in [-0.05, 0) is 24.0 Å². The molecular formula is C14H21NOS. The Morgan fingerprint density at radius 2 is 2.18 bits per heavy atom. The maximum atomic E-state index is 9.11. The van der Waals surface area contributed by atoms with Gasteiger partial charge in [0.15, 0.2) is 0 Å². The Hall–Kier alpha value is -0.510. The summed E-state index contributed by atoms with van der Waals surface area (Å²) in [5.74, 6) is 1.66. The van der Waals surface area contributed by atoms with Crippen LogP contribution in [0.15, 0.2) is 29.2 Å². The number of aliphatic hydroxyl groups excluding tert-OH is 1. The Morgan fingerprint density at radius 3 is 2.88 bits per heavy atom. The Bertz CT molecular complexity index is 367. The topological polar surface area (TPSA) is 32.3 Å². The second-order valence-electron chi connectivity index (χ2n) is 4.93. The van der Waals surface area contributed by atoms with Gasteiger partial charge in [-0.1, -0.05) is 32.0 Å². The number of aliphatic hydroxyl groups is 1. The molecule has 3 heteroatoms. The van der Waals surface area contributed by atoms with Crippen molar-refractivity contribution in [3.8, 4) is 0 Å². The second kappa shape index (κ2) is 5.89. The van der Waals surface area contributed by atoms with Gasteiger partial charge >= 0.3 is 0 Å². The number of fused-ring (bicyclic) bond motifs is 1. The van der Waals surface area contributed by atoms with Crippen molar-refractivity contribution in [3.63, 3.8) is 0 Å². The third kappa shape index (κ3) is 3.03. The van der Waals surface area contributed by atoms with Crippen molar-refractivity contribution >= 4 is 11.8 Å². The van der Waals surface area contributed by atoms with Crippen LogP contribution in [0.1, 0.15) is 31.9 Å². The highest BCUT2D eigenvalue weighted by molar-refractivity contribution is 7.99. The van der Waals surface area contributed by atoms with Gasteiger partial charge in [-0.15, -0.1) is 11.8 Å². The molecule has 0 aliphatic carbocycles. The fourth-order valence-electron chi connectivity index (χ4n) is 2.31. The molecule has 1 heterocycles. The lowest BCUT2D eigenvalue weighted by Crippen LogP contribution is -2.37. The maximum Gasteiger partial charge on any atom is 0.0445 e. The molecule has 0 saturated carbocycles. The first-order valence-corrected chi connectivity index (χ1v) is 7.29. The van der Waals surface area contributed by atoms with E-state index in [-0.39, 0.29) is 6.61 Å². The van der Waals surface area contributed by atoms with E-state index in [1.54, 1.807) is 0 Å². The van der Waals surface area contributed by atoms with Gasteiger partial charge in [0.2, 0.25) is 0 Å². The summed E-state index contributed by atoms with van der Waals surface area (Å²) in [6.45, 7) is 4.68. The van der Waals surface area contributed by atoms with Gasteiger partial charge in [-0.3, -0.25) is 0 Å². The SMILES string of the molecule is CC(C)C(CCO)NC1CSc2ccccc21. The second-order valence-corrected chi connectivity index (χ2v) is 5.99. The Labute approximate surface area is 108 Å². The van der Waals surface area contributed by atoms with Crippen LogP contribution in [0.3, 0.4) is 0 Å². The highest BCUT2D eigenvalue weighted by Gasteiger charge is 2.25. The fourth-order valence-corrected chi connectivity index (χ4v) is 3.48. The molecule has 1 aromatic carbocycles. The fraction of sp³-hybridized carbons (Fsp3) is 0.571. The van der Waals surface area contributed by atoms with Gasteiger partial charge < -0.3 is 10.4 Å². The van der Waals surface area contributed by atoms with Gasteiger partial charge in [-0.25, -0.2) is 0 Å². The van der Waals surface area contributed by atoms with Crippen LogP contribution >= 0.6 is 11.8 Å². The van der Waals surface area contributed by atoms with Crippen molar-refractivity contribution in [1.82, 2.24) is 5.32 Å². The first-order valence-electron chi connectivity index (χ1n) is 6.31. The number of hydrogen-bond donors (Lipinski definition) is 2. The van der Waals surface area contributed by atoms with Crippen molar-refractivity contribution in [2.24, 2.45) is 5.92 Å². The molecule has 0 amide bonds. The lowest BCUT2D eigenvalue weighted by atomic mass is 9.99. The number of thioether (sulfide) groups is 1. The van der Waals surface area contributed by atoms with E-state index in [9.17, 15) is 0 Å². The molecule has 2 rings (SSSR count). The molecule has 2 nitrogen and oxygen atoms in total. The quantitative estimate of drug-likeness (QED) is 0.844. The highest BCUT2D eigenvalue weighted by Crippen LogP contribution is 2.38. The Balaban J connectivity index is 2.05. The molecule has 2 atom stereocenters. The van der Waals surface area contributed by atoms with E-state index in [1.807, 2.05) is 11.8 Å². The summed E-state index contributed by atoms with van der Waals surface area (Å²) in [5.41, 5.74) is 1.42. The van der Waals surface area contributed by atoms with Crippen molar-refractivity contribution in [1.29, 1.82) is 0 Å². The molecule has 1 aliphatic rings. The minimum absolute atomic E-state index is 0.261. The summed E-state index contributed by atoms with van der Waals surface area (Å²) >= 11 is 1.92. The van der Waals surface area contributed by atoms with Crippen molar-refractivity contribution in [3.05, 3.63) is 29.8 Å². The zero-order valence-corrected chi connectivity index (χ0v) is 11.3. The van der Waals surface area contributed by atoms with Gasteiger partial charge in [-0.2, -0.15) is 0 Å². The first kappa shape index (κ1) is 12.9. The van der Waals surface area contributed by atoms with Crippen LogP contribution in [-0.2, 0) is 0 Å². The summed E-state index contributed by atoms with van der Waals surface area (Å²) in [5, 5.41) is 12.8. The first-order chi connectivity index (χ1) is 8.22. The predicted molar refractivity (Wildman–Crippen MR) is 73.4 cm³/mol. The van der Waals surface area contributed by atoms with Crippen molar-refractivity contribution in [2.45, 2.75) is 37.2 Å². The normalized spacial score (nSPS) is 20.6. The monoisotopic (exact) mass is 251 g/mol. The molecule has 0 spiro atoms. The van der Waals surface area contributed by atoms with E-state index in [0.29, 0.717) is 18.0 Å². The van der Waals surface area contributed by atoms with Gasteiger partial charge in [0.05, 0.1) is 0 Å². The lowest BCUT2D eigenvalue weighted by Gasteiger charge is -2.26. The molecule has 1 aromatic rings. The summed E-state index contributed by atoms with van der Waals surface area (Å²) in [7, 11) is 0. The minimum atomic E-state index is 0.261. The summed E-state index contributed by atoms with van der Waals surface area (Å²) in [6, 6.07) is 9.45. The van der Waals surface area contributed by atoms with E-state index in [2.05, 4.69) is 43.4 Å². The van der Waals surface area contributed by atoms with Gasteiger partial charge in [0.25, 0.3) is 0 Å². The van der Waals surface area contributed by atoms with Crippen LogP contribution in [0.25, 0.3) is 0 Å². The highest BCUT2D eigenvalue weighted by atomic mass is 32.2. The zero-order valence-electron chi connectivity index (χ0n) is 10.5. The zero-order chi connectivity index (χ0) is 12.3. The number of nitrogens with one attached hydrogen (secondary N) is 1. The maximum absolute atomic E-state index is 9.11. The molecule has 2 N–H and O–H groups in total. The van der Waals surface area contributed by atoms with E-state index in [4.69, 9.17) is 5.11 Å². The number of rotatable bonds is 5. The molecule has 0 bridgehead atoms. The van der Waals surface area contributed by atoms with Crippen LogP contribution in [0.5, 0.6) is 0 Å². The molecule has 0 fully saturated rings. The number of hydrogen-bond acceptors (Lipinski definition) is 3. The molecular weight excluding hydrogens is 230 g/mol. The predicted octanol–water partition coefficient (Wildman–Crippen LogP) is 2.83. The molecule has 17 heavy (non-hydrogen) atoms. The molecule has 1 aliphatic heterocycles. The molecule has 0 aromatic heterocycles. The van der Waals surface area contributed by atoms with E-state index >= 15 is 0 Å². The minimum Gasteiger partial charge on any atom is -0.396 e. The van der Waals surface area contributed by atoms with E-state index in [1.165, 1.54) is 10.5 Å². The smallest absolute Gasteiger partial charge is 0.0445 e. The van der Waals surface area contributed by atoms with Gasteiger partial charge in [0, 0.05) is 29.3 Å². The standard InChI is InChI=1S/C14H21NOS/c1-10(2)12(7-8-16)15-13-9-17-14-6-4-3-5-11(13)14/h3-6,10,12-13,15-16H,7-9H2,1-2H3. The Kier molecular flexibility index (Phi) is 4.48. The summed E-state index contributed by atoms with van der Waals surface area (Å²) < 4.78 is 0. The van der Waals surface area contributed by atoms with Crippen LogP contribution in [0.4, 0.5) is 0 Å². The third-order valence-electron chi connectivity index (χ3n) is 3.36. The van der Waals surface area contributed by atoms with Crippen LogP contribution < -0.4 is 5.32 Å². The van der Waals surface area contributed by atoms with E-state index in [0.717, 1.165) is 12.2 Å². The molecule has 94 valence electrons. The van der Waals surface area contributed by atoms with Crippen LogP contribution in [0, 0.1) is 5.92 Å². The van der Waals surface area contributed by atoms with Crippen LogP contribution in [-0.4, -0.2) is 23.5 Å². The number of benzene rings is 1. The third-order valence-corrected chi connectivity index (χ3v) is 4.54. The summed E-state index contributed by atoms with van der Waals surface area (Å²) in [4.78, 5) is 1.40.